The Kier molecular flexibility index (Phi) is 4.26. The van der Waals surface area contributed by atoms with Crippen LogP contribution in [0.1, 0.15) is 12.5 Å². The monoisotopic (exact) mass is 308 g/mol. The third kappa shape index (κ3) is 2.92. The molecule has 104 valence electrons. The minimum absolute atomic E-state index is 0.0745. The molecule has 2 aromatic rings. The first kappa shape index (κ1) is 14.8. The average molecular weight is 309 g/mol. The Hall–Kier alpha value is -1.64. The van der Waals surface area contributed by atoms with Gasteiger partial charge in [0.15, 0.2) is 14.9 Å². The number of rotatable bonds is 4. The van der Waals surface area contributed by atoms with Crippen molar-refractivity contribution in [3.8, 4) is 6.07 Å². The predicted octanol–water partition coefficient (Wildman–Crippen LogP) is 2.76. The van der Waals surface area contributed by atoms with Crippen LogP contribution in [-0.4, -0.2) is 25.0 Å². The highest BCUT2D eigenvalue weighted by molar-refractivity contribution is 7.91. The number of sulfone groups is 1. The van der Waals surface area contributed by atoms with Gasteiger partial charge in [-0.2, -0.15) is 5.26 Å². The second-order valence-electron chi connectivity index (χ2n) is 4.69. The fourth-order valence-corrected chi connectivity index (χ4v) is 3.85. The lowest BCUT2D eigenvalue weighted by molar-refractivity contribution is 0.579. The largest absolute Gasteiger partial charge is 0.235 e. The Morgan fingerprint density at radius 2 is 2.10 bits per heavy atom. The van der Waals surface area contributed by atoms with Gasteiger partial charge in [-0.15, -0.1) is 11.6 Å². The molecule has 1 heterocycles. The smallest absolute Gasteiger partial charge is 0.197 e. The summed E-state index contributed by atoms with van der Waals surface area (Å²) in [6.07, 6.45) is 0. The molecule has 4 nitrogen and oxygen atoms in total. The van der Waals surface area contributed by atoms with Gasteiger partial charge in [0, 0.05) is 11.3 Å². The molecule has 2 rings (SSSR count). The summed E-state index contributed by atoms with van der Waals surface area (Å²) in [6, 6.07) is 10.6. The van der Waals surface area contributed by atoms with Gasteiger partial charge in [0.1, 0.15) is 6.07 Å². The van der Waals surface area contributed by atoms with Crippen LogP contribution < -0.4 is 0 Å². The summed E-state index contributed by atoms with van der Waals surface area (Å²) in [6.45, 7) is 1.75. The molecule has 1 unspecified atom stereocenters. The van der Waals surface area contributed by atoms with Crippen molar-refractivity contribution >= 4 is 32.3 Å². The van der Waals surface area contributed by atoms with Crippen LogP contribution in [-0.2, 0) is 9.84 Å². The number of benzene rings is 1. The summed E-state index contributed by atoms with van der Waals surface area (Å²) in [7, 11) is -3.62. The fraction of sp³-hybridized carbons (Fsp3) is 0.286. The summed E-state index contributed by atoms with van der Waals surface area (Å²) in [5, 5.41) is 9.74. The van der Waals surface area contributed by atoms with Gasteiger partial charge in [0.25, 0.3) is 0 Å². The number of fused-ring (bicyclic) bond motifs is 1. The summed E-state index contributed by atoms with van der Waals surface area (Å²) in [4.78, 5) is 4.15. The molecule has 0 amide bonds. The first-order chi connectivity index (χ1) is 9.47. The first-order valence-corrected chi connectivity index (χ1v) is 8.25. The quantitative estimate of drug-likeness (QED) is 0.814. The third-order valence-electron chi connectivity index (χ3n) is 2.87. The number of nitriles is 1. The molecule has 20 heavy (non-hydrogen) atoms. The topological polar surface area (TPSA) is 70.8 Å². The second-order valence-corrected chi connectivity index (χ2v) is 6.94. The van der Waals surface area contributed by atoms with Crippen LogP contribution in [0.3, 0.4) is 0 Å². The van der Waals surface area contributed by atoms with Crippen molar-refractivity contribution in [1.29, 1.82) is 5.26 Å². The van der Waals surface area contributed by atoms with Gasteiger partial charge in [-0.3, -0.25) is 0 Å². The molecule has 1 atom stereocenters. The van der Waals surface area contributed by atoms with E-state index in [0.717, 1.165) is 5.39 Å². The van der Waals surface area contributed by atoms with Crippen LogP contribution >= 0.6 is 11.6 Å². The number of hydrogen-bond acceptors (Lipinski definition) is 4. The second kappa shape index (κ2) is 5.78. The molecule has 6 heteroatoms. The zero-order chi connectivity index (χ0) is 14.8. The van der Waals surface area contributed by atoms with Crippen LogP contribution in [0.5, 0.6) is 0 Å². The maximum Gasteiger partial charge on any atom is 0.197 e. The molecule has 0 aliphatic rings. The van der Waals surface area contributed by atoms with Crippen molar-refractivity contribution < 1.29 is 8.42 Å². The molecule has 0 saturated heterocycles. The molecule has 0 aliphatic carbocycles. The van der Waals surface area contributed by atoms with Gasteiger partial charge in [-0.1, -0.05) is 25.1 Å². The van der Waals surface area contributed by atoms with Crippen molar-refractivity contribution in [2.45, 2.75) is 11.9 Å². The Balaban J connectivity index is 2.61. The maximum absolute atomic E-state index is 12.4. The SMILES string of the molecule is CC(CCl)CS(=O)(=O)c1nc2ccccc2cc1C#N. The van der Waals surface area contributed by atoms with Crippen LogP contribution in [0.15, 0.2) is 35.4 Å². The number of halogens is 1. The van der Waals surface area contributed by atoms with E-state index in [4.69, 9.17) is 16.9 Å². The predicted molar refractivity (Wildman–Crippen MR) is 78.4 cm³/mol. The molecular formula is C14H13ClN2O2S. The van der Waals surface area contributed by atoms with E-state index in [9.17, 15) is 8.42 Å². The molecule has 0 spiro atoms. The van der Waals surface area contributed by atoms with Crippen LogP contribution in [0.4, 0.5) is 0 Å². The number of pyridine rings is 1. The van der Waals surface area contributed by atoms with Gasteiger partial charge in [0.2, 0.25) is 0 Å². The van der Waals surface area contributed by atoms with E-state index in [1.807, 2.05) is 12.1 Å². The van der Waals surface area contributed by atoms with E-state index < -0.39 is 9.84 Å². The summed E-state index contributed by atoms with van der Waals surface area (Å²) in [5.41, 5.74) is 0.633. The van der Waals surface area contributed by atoms with Crippen molar-refractivity contribution in [2.24, 2.45) is 5.92 Å². The van der Waals surface area contributed by atoms with Gasteiger partial charge >= 0.3 is 0 Å². The summed E-state index contributed by atoms with van der Waals surface area (Å²) in [5.74, 6) is -0.0629. The maximum atomic E-state index is 12.4. The van der Waals surface area contributed by atoms with Crippen molar-refractivity contribution in [1.82, 2.24) is 4.98 Å². The van der Waals surface area contributed by atoms with E-state index in [1.165, 1.54) is 0 Å². The van der Waals surface area contributed by atoms with E-state index in [2.05, 4.69) is 4.98 Å². The standard InChI is InChI=1S/C14H13ClN2O2S/c1-10(7-15)9-20(18,19)14-12(8-16)6-11-4-2-3-5-13(11)17-14/h2-6,10H,7,9H2,1H3. The summed E-state index contributed by atoms with van der Waals surface area (Å²) < 4.78 is 24.7. The molecule has 0 saturated carbocycles. The number of alkyl halides is 1. The van der Waals surface area contributed by atoms with Crippen LogP contribution in [0.25, 0.3) is 10.9 Å². The molecular weight excluding hydrogens is 296 g/mol. The van der Waals surface area contributed by atoms with Gasteiger partial charge in [0.05, 0.1) is 16.8 Å². The van der Waals surface area contributed by atoms with E-state index in [-0.39, 0.29) is 28.1 Å². The normalized spacial score (nSPS) is 13.1. The van der Waals surface area contributed by atoms with Gasteiger partial charge < -0.3 is 0 Å². The minimum Gasteiger partial charge on any atom is -0.235 e. The van der Waals surface area contributed by atoms with Crippen molar-refractivity contribution in [3.63, 3.8) is 0 Å². The van der Waals surface area contributed by atoms with Crippen LogP contribution in [0.2, 0.25) is 0 Å². The lowest BCUT2D eigenvalue weighted by atomic mass is 10.2. The lowest BCUT2D eigenvalue weighted by Gasteiger charge is -2.10. The highest BCUT2D eigenvalue weighted by atomic mass is 35.5. The highest BCUT2D eigenvalue weighted by Gasteiger charge is 2.23. The van der Waals surface area contributed by atoms with Gasteiger partial charge in [-0.05, 0) is 18.1 Å². The first-order valence-electron chi connectivity index (χ1n) is 6.06. The zero-order valence-electron chi connectivity index (χ0n) is 10.9. The molecule has 0 bridgehead atoms. The van der Waals surface area contributed by atoms with E-state index in [0.29, 0.717) is 5.52 Å². The zero-order valence-corrected chi connectivity index (χ0v) is 12.4. The van der Waals surface area contributed by atoms with E-state index in [1.54, 1.807) is 31.2 Å². The molecule has 0 radical (unpaired) electrons. The Morgan fingerprint density at radius 1 is 1.40 bits per heavy atom. The Bertz CT molecular complexity index is 781. The van der Waals surface area contributed by atoms with Crippen molar-refractivity contribution in [3.05, 3.63) is 35.9 Å². The number of nitrogens with zero attached hydrogens (tertiary/aromatic N) is 2. The van der Waals surface area contributed by atoms with Crippen LogP contribution in [0, 0.1) is 17.2 Å². The van der Waals surface area contributed by atoms with Crippen molar-refractivity contribution in [2.75, 3.05) is 11.6 Å². The van der Waals surface area contributed by atoms with E-state index >= 15 is 0 Å². The minimum atomic E-state index is -3.62. The lowest BCUT2D eigenvalue weighted by Crippen LogP contribution is -2.17. The molecule has 0 aliphatic heterocycles. The summed E-state index contributed by atoms with van der Waals surface area (Å²) >= 11 is 5.66. The fourth-order valence-electron chi connectivity index (χ4n) is 1.91. The highest BCUT2D eigenvalue weighted by Crippen LogP contribution is 2.22. The number of hydrogen-bond donors (Lipinski definition) is 0. The number of aromatic nitrogens is 1. The van der Waals surface area contributed by atoms with Gasteiger partial charge in [-0.25, -0.2) is 13.4 Å². The molecule has 0 fully saturated rings. The molecule has 1 aromatic carbocycles. The third-order valence-corrected chi connectivity index (χ3v) is 5.31. The number of para-hydroxylation sites is 1. The molecule has 1 aromatic heterocycles. The Morgan fingerprint density at radius 3 is 2.75 bits per heavy atom. The molecule has 0 N–H and O–H groups in total. The Labute approximate surface area is 122 Å². The average Bonchev–Trinajstić information content (AvgIpc) is 2.45.